The van der Waals surface area contributed by atoms with Crippen LogP contribution in [0, 0.1) is 6.92 Å². The molecule has 112 valence electrons. The van der Waals surface area contributed by atoms with Crippen LogP contribution in [0.15, 0.2) is 34.7 Å². The van der Waals surface area contributed by atoms with Crippen LogP contribution in [0.1, 0.15) is 67.0 Å². The molecule has 0 spiro atoms. The van der Waals surface area contributed by atoms with Gasteiger partial charge in [-0.3, -0.25) is 0 Å². The predicted molar refractivity (Wildman–Crippen MR) is 86.5 cm³/mol. The lowest BCUT2D eigenvalue weighted by atomic mass is 9.89. The quantitative estimate of drug-likeness (QED) is 0.865. The number of rotatable bonds is 4. The van der Waals surface area contributed by atoms with Gasteiger partial charge in [0.25, 0.3) is 0 Å². The van der Waals surface area contributed by atoms with E-state index in [4.69, 9.17) is 4.42 Å². The molecule has 3 rings (SSSR count). The fraction of sp³-hybridized carbons (Fsp3) is 0.474. The topological polar surface area (TPSA) is 25.2 Å². The van der Waals surface area contributed by atoms with Crippen molar-refractivity contribution in [2.75, 3.05) is 0 Å². The van der Waals surface area contributed by atoms with Crippen molar-refractivity contribution in [2.45, 2.75) is 58.5 Å². The van der Waals surface area contributed by atoms with Crippen molar-refractivity contribution >= 4 is 0 Å². The molecular weight excluding hydrogens is 258 g/mol. The number of hydrogen-bond acceptors (Lipinski definition) is 2. The second-order valence-corrected chi connectivity index (χ2v) is 6.29. The maximum Gasteiger partial charge on any atom is 0.120 e. The summed E-state index contributed by atoms with van der Waals surface area (Å²) in [5.41, 5.74) is 4.48. The number of aryl methyl sites for hydroxylation is 3. The average molecular weight is 283 g/mol. The van der Waals surface area contributed by atoms with E-state index in [9.17, 15) is 0 Å². The highest BCUT2D eigenvalue weighted by Gasteiger charge is 2.16. The third kappa shape index (κ3) is 3.21. The van der Waals surface area contributed by atoms with Crippen molar-refractivity contribution in [2.24, 2.45) is 0 Å². The summed E-state index contributed by atoms with van der Waals surface area (Å²) < 4.78 is 5.71. The molecule has 0 saturated carbocycles. The second kappa shape index (κ2) is 6.07. The first-order chi connectivity index (χ1) is 10.1. The van der Waals surface area contributed by atoms with E-state index in [1.807, 2.05) is 13.0 Å². The standard InChI is InChI=1S/C19H25NO/c1-13-8-11-19(21-13)15(3)20-14(2)17-10-9-16-6-4-5-7-18(16)12-17/h8-12,14-15,20H,4-7H2,1-3H3. The lowest BCUT2D eigenvalue weighted by molar-refractivity contribution is 0.392. The highest BCUT2D eigenvalue weighted by molar-refractivity contribution is 5.35. The van der Waals surface area contributed by atoms with Gasteiger partial charge in [0.05, 0.1) is 6.04 Å². The summed E-state index contributed by atoms with van der Waals surface area (Å²) in [5.74, 6) is 1.98. The molecule has 2 unspecified atom stereocenters. The van der Waals surface area contributed by atoms with Gasteiger partial charge in [0, 0.05) is 6.04 Å². The third-order valence-electron chi connectivity index (χ3n) is 4.56. The molecule has 21 heavy (non-hydrogen) atoms. The van der Waals surface area contributed by atoms with Crippen molar-refractivity contribution in [1.29, 1.82) is 0 Å². The Morgan fingerprint density at radius 1 is 0.952 bits per heavy atom. The smallest absolute Gasteiger partial charge is 0.120 e. The van der Waals surface area contributed by atoms with Crippen molar-refractivity contribution in [3.63, 3.8) is 0 Å². The molecule has 0 amide bonds. The van der Waals surface area contributed by atoms with Crippen LogP contribution in [0.3, 0.4) is 0 Å². The molecule has 1 N–H and O–H groups in total. The highest BCUT2D eigenvalue weighted by atomic mass is 16.3. The summed E-state index contributed by atoms with van der Waals surface area (Å²) in [6, 6.07) is 11.6. The first kappa shape index (κ1) is 14.4. The van der Waals surface area contributed by atoms with E-state index in [-0.39, 0.29) is 6.04 Å². The van der Waals surface area contributed by atoms with E-state index in [0.29, 0.717) is 6.04 Å². The van der Waals surface area contributed by atoms with Crippen molar-refractivity contribution in [3.05, 3.63) is 58.5 Å². The van der Waals surface area contributed by atoms with E-state index in [0.717, 1.165) is 11.5 Å². The molecule has 0 radical (unpaired) electrons. The summed E-state index contributed by atoms with van der Waals surface area (Å²) in [7, 11) is 0. The van der Waals surface area contributed by atoms with Crippen molar-refractivity contribution < 1.29 is 4.42 Å². The summed E-state index contributed by atoms with van der Waals surface area (Å²) in [5, 5.41) is 3.64. The van der Waals surface area contributed by atoms with Gasteiger partial charge in [0.1, 0.15) is 11.5 Å². The summed E-state index contributed by atoms with van der Waals surface area (Å²) >= 11 is 0. The van der Waals surface area contributed by atoms with Crippen LogP contribution in [0.4, 0.5) is 0 Å². The average Bonchev–Trinajstić information content (AvgIpc) is 2.93. The van der Waals surface area contributed by atoms with Crippen molar-refractivity contribution in [1.82, 2.24) is 5.32 Å². The predicted octanol–water partition coefficient (Wildman–Crippen LogP) is 4.88. The van der Waals surface area contributed by atoms with Gasteiger partial charge in [-0.15, -0.1) is 0 Å². The molecule has 0 bridgehead atoms. The van der Waals surface area contributed by atoms with E-state index < -0.39 is 0 Å². The maximum atomic E-state index is 5.71. The van der Waals surface area contributed by atoms with Gasteiger partial charge in [-0.1, -0.05) is 18.2 Å². The van der Waals surface area contributed by atoms with E-state index in [2.05, 4.69) is 43.4 Å². The largest absolute Gasteiger partial charge is 0.465 e. The minimum absolute atomic E-state index is 0.227. The molecule has 1 heterocycles. The lowest BCUT2D eigenvalue weighted by Gasteiger charge is -2.22. The molecule has 2 atom stereocenters. The molecule has 0 aliphatic heterocycles. The second-order valence-electron chi connectivity index (χ2n) is 6.29. The molecular formula is C19H25NO. The molecule has 1 aliphatic rings. The van der Waals surface area contributed by atoms with Crippen LogP contribution >= 0.6 is 0 Å². The van der Waals surface area contributed by atoms with Crippen molar-refractivity contribution in [3.8, 4) is 0 Å². The van der Waals surface area contributed by atoms with Crippen LogP contribution in [-0.2, 0) is 12.8 Å². The monoisotopic (exact) mass is 283 g/mol. The van der Waals surface area contributed by atoms with Gasteiger partial charge >= 0.3 is 0 Å². The highest BCUT2D eigenvalue weighted by Crippen LogP contribution is 2.26. The summed E-state index contributed by atoms with van der Waals surface area (Å²) in [6.45, 7) is 6.38. The van der Waals surface area contributed by atoms with Crippen LogP contribution in [0.25, 0.3) is 0 Å². The zero-order valence-electron chi connectivity index (χ0n) is 13.3. The Balaban J connectivity index is 1.71. The molecule has 1 aliphatic carbocycles. The third-order valence-corrected chi connectivity index (χ3v) is 4.56. The van der Waals surface area contributed by atoms with E-state index in [1.54, 1.807) is 11.1 Å². The zero-order chi connectivity index (χ0) is 14.8. The van der Waals surface area contributed by atoms with Crippen LogP contribution in [-0.4, -0.2) is 0 Å². The molecule has 0 saturated heterocycles. The van der Waals surface area contributed by atoms with Gasteiger partial charge in [0.2, 0.25) is 0 Å². The Labute approximate surface area is 127 Å². The normalized spacial score (nSPS) is 17.3. The van der Waals surface area contributed by atoms with Crippen LogP contribution in [0.5, 0.6) is 0 Å². The zero-order valence-corrected chi connectivity index (χ0v) is 13.3. The van der Waals surface area contributed by atoms with Gasteiger partial charge in [0.15, 0.2) is 0 Å². The maximum absolute atomic E-state index is 5.71. The molecule has 2 aromatic rings. The Hall–Kier alpha value is -1.54. The Morgan fingerprint density at radius 2 is 1.71 bits per heavy atom. The number of fused-ring (bicyclic) bond motifs is 1. The van der Waals surface area contributed by atoms with Crippen LogP contribution < -0.4 is 5.32 Å². The van der Waals surface area contributed by atoms with Crippen LogP contribution in [0.2, 0.25) is 0 Å². The van der Waals surface area contributed by atoms with E-state index >= 15 is 0 Å². The molecule has 2 heteroatoms. The fourth-order valence-corrected chi connectivity index (χ4v) is 3.26. The Morgan fingerprint density at radius 3 is 2.43 bits per heavy atom. The Kier molecular flexibility index (Phi) is 4.16. The Bertz CT molecular complexity index is 614. The minimum atomic E-state index is 0.227. The SMILES string of the molecule is Cc1ccc(C(C)NC(C)c2ccc3c(c2)CCCC3)o1. The molecule has 0 fully saturated rings. The number of nitrogens with one attached hydrogen (secondary N) is 1. The minimum Gasteiger partial charge on any atom is -0.465 e. The molecule has 1 aromatic heterocycles. The number of furan rings is 1. The first-order valence-corrected chi connectivity index (χ1v) is 8.07. The molecule has 2 nitrogen and oxygen atoms in total. The lowest BCUT2D eigenvalue weighted by Crippen LogP contribution is -2.22. The number of benzene rings is 1. The summed E-state index contributed by atoms with van der Waals surface area (Å²) in [6.07, 6.45) is 5.16. The fourth-order valence-electron chi connectivity index (χ4n) is 3.26. The van der Waals surface area contributed by atoms with E-state index in [1.165, 1.54) is 31.2 Å². The van der Waals surface area contributed by atoms with Gasteiger partial charge in [-0.25, -0.2) is 0 Å². The molecule has 1 aromatic carbocycles. The number of hydrogen-bond donors (Lipinski definition) is 1. The summed E-state index contributed by atoms with van der Waals surface area (Å²) in [4.78, 5) is 0. The van der Waals surface area contributed by atoms with Gasteiger partial charge in [-0.05, 0) is 75.3 Å². The van der Waals surface area contributed by atoms with Gasteiger partial charge < -0.3 is 9.73 Å². The first-order valence-electron chi connectivity index (χ1n) is 8.07. The van der Waals surface area contributed by atoms with Gasteiger partial charge in [-0.2, -0.15) is 0 Å².